The molecule has 0 saturated carbocycles. The van der Waals surface area contributed by atoms with E-state index >= 15 is 0 Å². The molecular formula is C29H23Cl2F3N4O5S. The van der Waals surface area contributed by atoms with Gasteiger partial charge in [0.25, 0.3) is 0 Å². The van der Waals surface area contributed by atoms with Crippen molar-refractivity contribution in [3.8, 4) is 0 Å². The van der Waals surface area contributed by atoms with E-state index in [-0.39, 0.29) is 40.2 Å². The maximum atomic E-state index is 13.6. The molecule has 2 amide bonds. The van der Waals surface area contributed by atoms with Gasteiger partial charge in [-0.25, -0.2) is 13.8 Å². The molecule has 1 heterocycles. The zero-order valence-corrected chi connectivity index (χ0v) is 25.1. The highest BCUT2D eigenvalue weighted by atomic mass is 35.5. The van der Waals surface area contributed by atoms with Crippen molar-refractivity contribution in [1.29, 1.82) is 0 Å². The third-order valence-corrected chi connectivity index (χ3v) is 8.44. The number of amides is 2. The highest BCUT2D eigenvalue weighted by Crippen LogP contribution is 2.31. The van der Waals surface area contributed by atoms with Crippen molar-refractivity contribution in [2.75, 3.05) is 5.32 Å². The van der Waals surface area contributed by atoms with Crippen molar-refractivity contribution < 1.29 is 35.6 Å². The highest BCUT2D eigenvalue weighted by molar-refractivity contribution is 7.89. The van der Waals surface area contributed by atoms with Gasteiger partial charge < -0.3 is 9.73 Å². The van der Waals surface area contributed by atoms with Gasteiger partial charge in [0.15, 0.2) is 0 Å². The van der Waals surface area contributed by atoms with Crippen LogP contribution in [-0.4, -0.2) is 30.8 Å². The molecule has 15 heteroatoms. The summed E-state index contributed by atoms with van der Waals surface area (Å²) in [6.07, 6.45) is -3.56. The topological polar surface area (TPSA) is 121 Å². The van der Waals surface area contributed by atoms with Gasteiger partial charge in [0.05, 0.1) is 23.2 Å². The van der Waals surface area contributed by atoms with Crippen molar-refractivity contribution >= 4 is 56.9 Å². The second-order valence-electron chi connectivity index (χ2n) is 9.36. The van der Waals surface area contributed by atoms with Crippen LogP contribution >= 0.6 is 23.2 Å². The van der Waals surface area contributed by atoms with Crippen molar-refractivity contribution in [3.63, 3.8) is 0 Å². The van der Waals surface area contributed by atoms with Crippen molar-refractivity contribution in [2.45, 2.75) is 31.1 Å². The number of halogens is 5. The second kappa shape index (κ2) is 13.6. The second-order valence-corrected chi connectivity index (χ2v) is 12.1. The van der Waals surface area contributed by atoms with Gasteiger partial charge in [-0.1, -0.05) is 53.0 Å². The molecule has 0 bridgehead atoms. The molecule has 0 radical (unpaired) electrons. The lowest BCUT2D eigenvalue weighted by atomic mass is 10.2. The van der Waals surface area contributed by atoms with Crippen molar-refractivity contribution in [1.82, 2.24) is 9.73 Å². The number of hydrogen-bond donors (Lipinski definition) is 2. The number of alkyl halides is 3. The monoisotopic (exact) mass is 666 g/mol. The Bertz CT molecular complexity index is 1810. The zero-order chi connectivity index (χ0) is 32.1. The largest absolute Gasteiger partial charge is 0.459 e. The SMILES string of the molecule is Cc1ccc(S(=O)(=O)N(Cc2ccc(/C=N/NC(=O)C(=O)Nc3cccc(C(F)(F)F)c3)o2)Cc2ccc(Cl)cc2Cl)cc1. The molecular weight excluding hydrogens is 644 g/mol. The quantitative estimate of drug-likeness (QED) is 0.122. The average Bonchev–Trinajstić information content (AvgIpc) is 3.41. The molecule has 1 aromatic heterocycles. The van der Waals surface area contributed by atoms with Crippen LogP contribution in [0.3, 0.4) is 0 Å². The molecule has 9 nitrogen and oxygen atoms in total. The first-order chi connectivity index (χ1) is 20.7. The molecule has 0 aliphatic rings. The van der Waals surface area contributed by atoms with E-state index in [1.807, 2.05) is 12.3 Å². The smallest absolute Gasteiger partial charge is 0.416 e. The van der Waals surface area contributed by atoms with E-state index in [2.05, 4.69) is 10.4 Å². The van der Waals surface area contributed by atoms with Crippen LogP contribution in [-0.2, 0) is 38.9 Å². The normalized spacial score (nSPS) is 12.1. The number of aryl methyl sites for hydroxylation is 1. The van der Waals surface area contributed by atoms with Crippen LogP contribution < -0.4 is 10.7 Å². The van der Waals surface area contributed by atoms with E-state index in [0.717, 1.165) is 23.9 Å². The number of furan rings is 1. The summed E-state index contributed by atoms with van der Waals surface area (Å²) in [5, 5.41) is 6.35. The molecule has 0 aliphatic carbocycles. The van der Waals surface area contributed by atoms with Crippen LogP contribution in [0.1, 0.15) is 28.2 Å². The van der Waals surface area contributed by atoms with Crippen LogP contribution in [0.25, 0.3) is 0 Å². The Morgan fingerprint density at radius 1 is 0.955 bits per heavy atom. The summed E-state index contributed by atoms with van der Waals surface area (Å²) in [4.78, 5) is 24.2. The Hall–Kier alpha value is -4.17. The molecule has 0 spiro atoms. The molecule has 4 rings (SSSR count). The lowest BCUT2D eigenvalue weighted by Crippen LogP contribution is -2.32. The number of anilines is 1. The van der Waals surface area contributed by atoms with Crippen LogP contribution in [0.4, 0.5) is 18.9 Å². The molecule has 0 atom stereocenters. The lowest BCUT2D eigenvalue weighted by molar-refractivity contribution is -0.137. The zero-order valence-electron chi connectivity index (χ0n) is 22.7. The van der Waals surface area contributed by atoms with Gasteiger partial charge >= 0.3 is 18.0 Å². The van der Waals surface area contributed by atoms with E-state index < -0.39 is 33.6 Å². The summed E-state index contributed by atoms with van der Waals surface area (Å²) in [6.45, 7) is 1.53. The minimum Gasteiger partial charge on any atom is -0.459 e. The molecule has 0 aliphatic heterocycles. The van der Waals surface area contributed by atoms with E-state index in [0.29, 0.717) is 16.7 Å². The summed E-state index contributed by atoms with van der Waals surface area (Å²) in [5.74, 6) is -2.17. The van der Waals surface area contributed by atoms with Gasteiger partial charge in [-0.15, -0.1) is 0 Å². The lowest BCUT2D eigenvalue weighted by Gasteiger charge is -2.22. The van der Waals surface area contributed by atoms with Crippen LogP contribution in [0.5, 0.6) is 0 Å². The maximum Gasteiger partial charge on any atom is 0.416 e. The first-order valence-corrected chi connectivity index (χ1v) is 14.8. The summed E-state index contributed by atoms with van der Waals surface area (Å²) < 4.78 is 72.7. The van der Waals surface area contributed by atoms with Gasteiger partial charge in [-0.2, -0.15) is 22.6 Å². The highest BCUT2D eigenvalue weighted by Gasteiger charge is 2.31. The summed E-state index contributed by atoms with van der Waals surface area (Å²) >= 11 is 12.3. The number of hydrogen-bond acceptors (Lipinski definition) is 6. The fraction of sp³-hybridized carbons (Fsp3) is 0.138. The Labute approximate surface area is 260 Å². The minimum atomic E-state index is -4.63. The van der Waals surface area contributed by atoms with Gasteiger partial charge in [-0.3, -0.25) is 9.59 Å². The molecule has 44 heavy (non-hydrogen) atoms. The van der Waals surface area contributed by atoms with Gasteiger partial charge in [0, 0.05) is 22.3 Å². The number of carbonyl (C=O) groups excluding carboxylic acids is 2. The van der Waals surface area contributed by atoms with Crippen molar-refractivity contribution in [2.24, 2.45) is 5.10 Å². The molecule has 230 valence electrons. The fourth-order valence-electron chi connectivity index (χ4n) is 3.81. The number of rotatable bonds is 9. The van der Waals surface area contributed by atoms with Crippen LogP contribution in [0.2, 0.25) is 10.0 Å². The predicted molar refractivity (Wildman–Crippen MR) is 159 cm³/mol. The summed E-state index contributed by atoms with van der Waals surface area (Å²) in [5.41, 5.74) is 2.10. The average molecular weight is 667 g/mol. The Morgan fingerprint density at radius 3 is 2.36 bits per heavy atom. The standard InChI is InChI=1S/C29H23Cl2F3N4O5S/c1-18-5-11-25(12-6-18)44(41,42)38(16-19-7-8-21(30)14-26(19)31)17-24-10-9-23(43-24)15-35-37-28(40)27(39)36-22-4-2-3-20(13-22)29(32,33)34/h2-15H,16-17H2,1H3,(H,36,39)(H,37,40)/b35-15+. The predicted octanol–water partition coefficient (Wildman–Crippen LogP) is 6.39. The number of benzene rings is 3. The number of sulfonamides is 1. The Morgan fingerprint density at radius 2 is 1.68 bits per heavy atom. The number of carbonyl (C=O) groups is 2. The number of hydrazone groups is 1. The number of nitrogens with zero attached hydrogens (tertiary/aromatic N) is 2. The molecule has 0 unspecified atom stereocenters. The first kappa shape index (κ1) is 32.7. The third-order valence-electron chi connectivity index (χ3n) is 6.05. The van der Waals surface area contributed by atoms with Crippen molar-refractivity contribution in [3.05, 3.63) is 117 Å². The van der Waals surface area contributed by atoms with Gasteiger partial charge in [-0.05, 0) is 67.1 Å². The van der Waals surface area contributed by atoms with E-state index in [9.17, 15) is 31.2 Å². The molecule has 4 aromatic rings. The Kier molecular flexibility index (Phi) is 10.1. The van der Waals surface area contributed by atoms with Crippen LogP contribution in [0, 0.1) is 6.92 Å². The molecule has 0 fully saturated rings. The molecule has 0 saturated heterocycles. The molecule has 3 aromatic carbocycles. The first-order valence-electron chi connectivity index (χ1n) is 12.6. The van der Waals surface area contributed by atoms with Crippen LogP contribution in [0.15, 0.2) is 93.3 Å². The maximum absolute atomic E-state index is 13.6. The van der Waals surface area contributed by atoms with Gasteiger partial charge in [0.1, 0.15) is 11.5 Å². The van der Waals surface area contributed by atoms with E-state index in [4.69, 9.17) is 27.6 Å². The fourth-order valence-corrected chi connectivity index (χ4v) is 5.67. The summed E-state index contributed by atoms with van der Waals surface area (Å²) in [6, 6.07) is 17.8. The minimum absolute atomic E-state index is 0.0626. The summed E-state index contributed by atoms with van der Waals surface area (Å²) in [7, 11) is -4.02. The number of nitrogens with one attached hydrogen (secondary N) is 2. The van der Waals surface area contributed by atoms with Gasteiger partial charge in [0.2, 0.25) is 10.0 Å². The van der Waals surface area contributed by atoms with E-state index in [1.165, 1.54) is 40.7 Å². The van der Waals surface area contributed by atoms with E-state index in [1.54, 1.807) is 24.3 Å². The third kappa shape index (κ3) is 8.47. The molecule has 2 N–H and O–H groups in total. The Balaban J connectivity index is 1.45.